The smallest absolute Gasteiger partial charge is 0.0282 e. The molecule has 1 heterocycles. The molecule has 0 amide bonds. The summed E-state index contributed by atoms with van der Waals surface area (Å²) >= 11 is 4.39. The standard InChI is InChI=1S/C14H18S2/c1-2-6-12(7-3-1)16-13-8-11-15-14(13)9-4-5-10-14/h1-3,6-7,13H,4-5,8-11H2. The van der Waals surface area contributed by atoms with Gasteiger partial charge >= 0.3 is 0 Å². The van der Waals surface area contributed by atoms with Crippen molar-refractivity contribution < 1.29 is 0 Å². The van der Waals surface area contributed by atoms with E-state index in [1.807, 2.05) is 0 Å². The van der Waals surface area contributed by atoms with Crippen LogP contribution in [0, 0.1) is 0 Å². The van der Waals surface area contributed by atoms with Gasteiger partial charge in [0.05, 0.1) is 0 Å². The van der Waals surface area contributed by atoms with E-state index in [1.165, 1.54) is 42.8 Å². The molecule has 1 unspecified atom stereocenters. The first-order valence-corrected chi connectivity index (χ1v) is 8.11. The lowest BCUT2D eigenvalue weighted by atomic mass is 10.0. The fraction of sp³-hybridized carbons (Fsp3) is 0.571. The second-order valence-electron chi connectivity index (χ2n) is 4.83. The van der Waals surface area contributed by atoms with Crippen molar-refractivity contribution in [2.24, 2.45) is 0 Å². The highest BCUT2D eigenvalue weighted by atomic mass is 32.2. The highest BCUT2D eigenvalue weighted by molar-refractivity contribution is 8.05. The fourth-order valence-electron chi connectivity index (χ4n) is 2.99. The minimum absolute atomic E-state index is 0.639. The Morgan fingerprint density at radius 3 is 2.62 bits per heavy atom. The third kappa shape index (κ3) is 2.02. The van der Waals surface area contributed by atoms with Crippen LogP contribution in [0.25, 0.3) is 0 Å². The molecule has 16 heavy (non-hydrogen) atoms. The van der Waals surface area contributed by atoms with Gasteiger partial charge in [0.15, 0.2) is 0 Å². The Morgan fingerprint density at radius 1 is 1.12 bits per heavy atom. The van der Waals surface area contributed by atoms with Crippen LogP contribution in [0.1, 0.15) is 32.1 Å². The zero-order valence-corrected chi connectivity index (χ0v) is 11.2. The SMILES string of the molecule is c1ccc(SC2CCSC23CCCC3)cc1. The van der Waals surface area contributed by atoms with Gasteiger partial charge in [0, 0.05) is 14.9 Å². The molecule has 2 aliphatic rings. The van der Waals surface area contributed by atoms with Gasteiger partial charge in [0.1, 0.15) is 0 Å². The van der Waals surface area contributed by atoms with Gasteiger partial charge in [-0.05, 0) is 37.1 Å². The largest absolute Gasteiger partial charge is 0.154 e. The summed E-state index contributed by atoms with van der Waals surface area (Å²) in [5.74, 6) is 1.38. The molecular formula is C14H18S2. The van der Waals surface area contributed by atoms with Crippen molar-refractivity contribution in [1.82, 2.24) is 0 Å². The Morgan fingerprint density at radius 2 is 1.88 bits per heavy atom. The molecule has 0 N–H and O–H groups in total. The maximum absolute atomic E-state index is 2.26. The predicted molar refractivity (Wildman–Crippen MR) is 74.4 cm³/mol. The van der Waals surface area contributed by atoms with Crippen molar-refractivity contribution in [1.29, 1.82) is 0 Å². The van der Waals surface area contributed by atoms with E-state index in [9.17, 15) is 0 Å². The molecule has 3 rings (SSSR count). The van der Waals surface area contributed by atoms with Crippen molar-refractivity contribution in [2.45, 2.75) is 47.0 Å². The van der Waals surface area contributed by atoms with Crippen molar-refractivity contribution in [3.8, 4) is 0 Å². The van der Waals surface area contributed by atoms with Crippen LogP contribution in [0.15, 0.2) is 35.2 Å². The van der Waals surface area contributed by atoms with Crippen LogP contribution in [0.3, 0.4) is 0 Å². The van der Waals surface area contributed by atoms with E-state index in [4.69, 9.17) is 0 Å². The zero-order valence-electron chi connectivity index (χ0n) is 9.52. The molecule has 2 heteroatoms. The quantitative estimate of drug-likeness (QED) is 0.752. The molecule has 0 aromatic heterocycles. The van der Waals surface area contributed by atoms with Crippen molar-refractivity contribution >= 4 is 23.5 Å². The summed E-state index contributed by atoms with van der Waals surface area (Å²) in [6.07, 6.45) is 7.24. The van der Waals surface area contributed by atoms with Crippen LogP contribution in [-0.2, 0) is 0 Å². The van der Waals surface area contributed by atoms with Crippen LogP contribution < -0.4 is 0 Å². The predicted octanol–water partition coefficient (Wildman–Crippen LogP) is 4.60. The first-order chi connectivity index (χ1) is 7.89. The summed E-state index contributed by atoms with van der Waals surface area (Å²) in [7, 11) is 0. The van der Waals surface area contributed by atoms with E-state index in [0.29, 0.717) is 4.75 Å². The number of benzene rings is 1. The molecule has 1 aliphatic heterocycles. The molecule has 1 aromatic rings. The maximum Gasteiger partial charge on any atom is 0.0282 e. The Hall–Kier alpha value is -0.0800. The average molecular weight is 250 g/mol. The van der Waals surface area contributed by atoms with Crippen LogP contribution in [-0.4, -0.2) is 15.7 Å². The second-order valence-corrected chi connectivity index (χ2v) is 7.61. The summed E-state index contributed by atoms with van der Waals surface area (Å²) in [6, 6.07) is 10.9. The first-order valence-electron chi connectivity index (χ1n) is 6.25. The van der Waals surface area contributed by atoms with Gasteiger partial charge in [0.25, 0.3) is 0 Å². The van der Waals surface area contributed by atoms with Crippen molar-refractivity contribution in [3.63, 3.8) is 0 Å². The summed E-state index contributed by atoms with van der Waals surface area (Å²) in [6.45, 7) is 0. The molecule has 2 fully saturated rings. The third-order valence-electron chi connectivity index (χ3n) is 3.83. The third-order valence-corrected chi connectivity index (χ3v) is 7.20. The molecule has 0 radical (unpaired) electrons. The second kappa shape index (κ2) is 4.66. The molecule has 0 nitrogen and oxygen atoms in total. The molecule has 1 saturated carbocycles. The number of hydrogen-bond acceptors (Lipinski definition) is 2. The summed E-state index contributed by atoms with van der Waals surface area (Å²) in [5, 5.41) is 0.863. The first kappa shape index (κ1) is 11.0. The minimum Gasteiger partial charge on any atom is -0.154 e. The van der Waals surface area contributed by atoms with Crippen molar-refractivity contribution in [3.05, 3.63) is 30.3 Å². The van der Waals surface area contributed by atoms with Gasteiger partial charge in [-0.25, -0.2) is 0 Å². The molecule has 1 aromatic carbocycles. The van der Waals surface area contributed by atoms with Gasteiger partial charge in [-0.2, -0.15) is 11.8 Å². The maximum atomic E-state index is 2.26. The Kier molecular flexibility index (Phi) is 3.21. The topological polar surface area (TPSA) is 0 Å². The van der Waals surface area contributed by atoms with Crippen LogP contribution >= 0.6 is 23.5 Å². The number of rotatable bonds is 2. The molecule has 1 saturated heterocycles. The minimum atomic E-state index is 0.639. The van der Waals surface area contributed by atoms with E-state index >= 15 is 0 Å². The molecule has 0 bridgehead atoms. The van der Waals surface area contributed by atoms with Crippen LogP contribution in [0.4, 0.5) is 0 Å². The highest BCUT2D eigenvalue weighted by Gasteiger charge is 2.45. The van der Waals surface area contributed by atoms with Gasteiger partial charge in [0.2, 0.25) is 0 Å². The molecule has 1 spiro atoms. The lowest BCUT2D eigenvalue weighted by Crippen LogP contribution is -2.28. The van der Waals surface area contributed by atoms with Gasteiger partial charge in [-0.3, -0.25) is 0 Å². The van der Waals surface area contributed by atoms with E-state index in [2.05, 4.69) is 53.9 Å². The Labute approximate surface area is 107 Å². The van der Waals surface area contributed by atoms with Gasteiger partial charge in [-0.1, -0.05) is 31.0 Å². The summed E-state index contributed by atoms with van der Waals surface area (Å²) in [5.41, 5.74) is 0. The van der Waals surface area contributed by atoms with Gasteiger partial charge < -0.3 is 0 Å². The van der Waals surface area contributed by atoms with E-state index < -0.39 is 0 Å². The zero-order chi connectivity index (χ0) is 10.8. The van der Waals surface area contributed by atoms with Crippen molar-refractivity contribution in [2.75, 3.05) is 5.75 Å². The van der Waals surface area contributed by atoms with E-state index in [1.54, 1.807) is 0 Å². The summed E-state index contributed by atoms with van der Waals surface area (Å²) < 4.78 is 0.639. The molecule has 1 atom stereocenters. The lowest BCUT2D eigenvalue weighted by molar-refractivity contribution is 0.593. The highest BCUT2D eigenvalue weighted by Crippen LogP contribution is 2.55. The lowest BCUT2D eigenvalue weighted by Gasteiger charge is -2.29. The van der Waals surface area contributed by atoms with Crippen LogP contribution in [0.2, 0.25) is 0 Å². The average Bonchev–Trinajstić information content (AvgIpc) is 2.93. The van der Waals surface area contributed by atoms with E-state index in [0.717, 1.165) is 5.25 Å². The fourth-order valence-corrected chi connectivity index (χ4v) is 6.46. The molecule has 86 valence electrons. The molecule has 1 aliphatic carbocycles. The Balaban J connectivity index is 1.75. The van der Waals surface area contributed by atoms with Gasteiger partial charge in [-0.15, -0.1) is 11.8 Å². The number of hydrogen-bond donors (Lipinski definition) is 0. The molecular weight excluding hydrogens is 232 g/mol. The Bertz CT molecular complexity index is 336. The normalized spacial score (nSPS) is 27.6. The summed E-state index contributed by atoms with van der Waals surface area (Å²) in [4.78, 5) is 1.46. The number of thioether (sulfide) groups is 2. The van der Waals surface area contributed by atoms with Crippen LogP contribution in [0.5, 0.6) is 0 Å². The monoisotopic (exact) mass is 250 g/mol. The van der Waals surface area contributed by atoms with E-state index in [-0.39, 0.29) is 0 Å².